The zero-order valence-electron chi connectivity index (χ0n) is 54.7. The van der Waals surface area contributed by atoms with Crippen LogP contribution in [0.2, 0.25) is 0 Å². The molecule has 0 unspecified atom stereocenters. The Hall–Kier alpha value is -12.8. The zero-order valence-corrected chi connectivity index (χ0v) is 54.7. The van der Waals surface area contributed by atoms with Crippen LogP contribution >= 0.6 is 0 Å². The van der Waals surface area contributed by atoms with Crippen LogP contribution in [-0.4, -0.2) is 23.3 Å². The first-order valence-electron chi connectivity index (χ1n) is 33.5. The van der Waals surface area contributed by atoms with Crippen LogP contribution in [0.15, 0.2) is 290 Å². The predicted octanol–water partition coefficient (Wildman–Crippen LogP) is 24.0. The van der Waals surface area contributed by atoms with Crippen LogP contribution in [0.1, 0.15) is 33.4 Å². The summed E-state index contributed by atoms with van der Waals surface area (Å²) in [5, 5.41) is 22.2. The summed E-state index contributed by atoms with van der Waals surface area (Å²) in [4.78, 5) is 5.38. The number of oxazole rings is 1. The van der Waals surface area contributed by atoms with Crippen molar-refractivity contribution in [3.8, 4) is 84.8 Å². The third kappa shape index (κ3) is 8.71. The lowest BCUT2D eigenvalue weighted by molar-refractivity contribution is 0.620. The number of aromatic nitrogens is 5. The van der Waals surface area contributed by atoms with Crippen LogP contribution in [0, 0.1) is 45.9 Å². The molecule has 0 atom stereocenters. The molecule has 0 spiro atoms. The van der Waals surface area contributed by atoms with Gasteiger partial charge in [0.05, 0.1) is 55.3 Å². The van der Waals surface area contributed by atoms with Crippen molar-refractivity contribution in [1.29, 1.82) is 5.26 Å². The molecule has 0 N–H and O–H groups in total. The first-order valence-corrected chi connectivity index (χ1v) is 33.5. The minimum absolute atomic E-state index is 0.357. The average molecular weight is 1260 g/mol. The van der Waals surface area contributed by atoms with E-state index < -0.39 is 0 Å². The predicted molar refractivity (Wildman–Crippen MR) is 407 cm³/mol. The highest BCUT2D eigenvalue weighted by atomic mass is 16.3. The third-order valence-corrected chi connectivity index (χ3v) is 20.3. The SMILES string of the molecule is Cc1ccc2c(c1)c1ccccc1n2-c1ccc(-c2c(C#N)c(-c3nc4ccccc4o3)c(-c3ccc(-n4c5ccccc5c5cc(C)ccc54)cc3)c(-c3ccc(-n4c5ccccc5c5cc(C)ccc54)cc3)c2-c2ccc(-n3c4ccc(C)cc4c4cc(C)ccc43)cc2)cc1. The van der Waals surface area contributed by atoms with Gasteiger partial charge >= 0.3 is 0 Å². The van der Waals surface area contributed by atoms with Crippen molar-refractivity contribution in [2.45, 2.75) is 34.6 Å². The molecular formula is C91H62N6O. The molecule has 0 saturated heterocycles. The third-order valence-electron chi connectivity index (χ3n) is 20.3. The van der Waals surface area contributed by atoms with Gasteiger partial charge in [0.15, 0.2) is 5.58 Å². The molecule has 0 fully saturated rings. The molecule has 19 rings (SSSR count). The summed E-state index contributed by atoms with van der Waals surface area (Å²) in [5.74, 6) is 0.357. The summed E-state index contributed by atoms with van der Waals surface area (Å²) < 4.78 is 16.6. The molecule has 0 aliphatic carbocycles. The van der Waals surface area contributed by atoms with Crippen molar-refractivity contribution in [3.63, 3.8) is 0 Å². The molecule has 0 bridgehead atoms. The van der Waals surface area contributed by atoms with Gasteiger partial charge in [-0.2, -0.15) is 5.26 Å². The van der Waals surface area contributed by atoms with Gasteiger partial charge in [0.2, 0.25) is 5.89 Å². The maximum atomic E-state index is 12.6. The summed E-state index contributed by atoms with van der Waals surface area (Å²) in [6, 6.07) is 106. The van der Waals surface area contributed by atoms with E-state index in [2.05, 4.69) is 320 Å². The monoisotopic (exact) mass is 1250 g/mol. The topological polar surface area (TPSA) is 69.5 Å². The van der Waals surface area contributed by atoms with Crippen LogP contribution in [0.3, 0.4) is 0 Å². The molecular weight excluding hydrogens is 1190 g/mol. The number of benzene rings is 14. The van der Waals surface area contributed by atoms with E-state index in [0.29, 0.717) is 28.1 Å². The van der Waals surface area contributed by atoms with E-state index in [4.69, 9.17) is 9.40 Å². The van der Waals surface area contributed by atoms with Crippen molar-refractivity contribution >= 4 is 98.3 Å². The maximum Gasteiger partial charge on any atom is 0.229 e. The summed E-state index contributed by atoms with van der Waals surface area (Å²) in [6.07, 6.45) is 0. The number of hydrogen-bond donors (Lipinski definition) is 0. The molecule has 98 heavy (non-hydrogen) atoms. The Morgan fingerprint density at radius 3 is 0.888 bits per heavy atom. The summed E-state index contributed by atoms with van der Waals surface area (Å²) in [7, 11) is 0. The van der Waals surface area contributed by atoms with Crippen LogP contribution in [0.5, 0.6) is 0 Å². The van der Waals surface area contributed by atoms with Crippen molar-refractivity contribution in [3.05, 3.63) is 318 Å². The number of hydrogen-bond acceptors (Lipinski definition) is 3. The van der Waals surface area contributed by atoms with Gasteiger partial charge in [-0.05, 0) is 208 Å². The van der Waals surface area contributed by atoms with E-state index in [1.807, 2.05) is 24.3 Å². The lowest BCUT2D eigenvalue weighted by Gasteiger charge is -2.25. The lowest BCUT2D eigenvalue weighted by Crippen LogP contribution is -2.03. The summed E-state index contributed by atoms with van der Waals surface area (Å²) >= 11 is 0. The molecule has 19 aromatic rings. The Bertz CT molecular complexity index is 6490. The second-order valence-electron chi connectivity index (χ2n) is 26.5. The largest absolute Gasteiger partial charge is 0.436 e. The Kier molecular flexibility index (Phi) is 12.7. The highest BCUT2D eigenvalue weighted by molar-refractivity contribution is 6.15. The van der Waals surface area contributed by atoms with Crippen molar-refractivity contribution in [1.82, 2.24) is 23.3 Å². The standard InChI is InChI=1S/C91H62N6O/c1-54-22-43-80-70(48-54)67-14-6-10-18-77(67)94(80)63-35-27-59(28-36-63)86-75(53-92)90(91-93-76-17-9-13-21-85(76)98-91)89(62-33-41-65(42-34-62)96-79-20-12-8-16-69(79)72-50-56(3)24-45-82(72)96)88(61-31-39-64(40-32-61)95-78-19-11-7-15-68(78)71-49-55(2)23-44-81(71)95)87(86)60-29-37-66(38-30-60)97-83-46-25-57(4)51-73(83)74-52-58(5)26-47-84(74)97/h6-52H,1-5H3. The van der Waals surface area contributed by atoms with Gasteiger partial charge in [-0.1, -0.05) is 173 Å². The van der Waals surface area contributed by atoms with Gasteiger partial charge in [0.25, 0.3) is 0 Å². The molecule has 5 aromatic heterocycles. The van der Waals surface area contributed by atoms with Gasteiger partial charge in [0.1, 0.15) is 11.6 Å². The number of nitriles is 1. The normalized spacial score (nSPS) is 11.9. The number of nitrogens with zero attached hydrogens (tertiary/aromatic N) is 6. The smallest absolute Gasteiger partial charge is 0.229 e. The minimum Gasteiger partial charge on any atom is -0.436 e. The van der Waals surface area contributed by atoms with Crippen LogP contribution < -0.4 is 0 Å². The van der Waals surface area contributed by atoms with Crippen LogP contribution in [0.4, 0.5) is 0 Å². The van der Waals surface area contributed by atoms with Crippen LogP contribution in [0.25, 0.3) is 177 Å². The zero-order chi connectivity index (χ0) is 65.6. The van der Waals surface area contributed by atoms with Gasteiger partial charge in [-0.3, -0.25) is 0 Å². The van der Waals surface area contributed by atoms with Gasteiger partial charge in [-0.25, -0.2) is 4.98 Å². The number of aryl methyl sites for hydroxylation is 5. The Morgan fingerprint density at radius 1 is 0.276 bits per heavy atom. The second-order valence-corrected chi connectivity index (χ2v) is 26.5. The highest BCUT2D eigenvalue weighted by Gasteiger charge is 2.32. The lowest BCUT2D eigenvalue weighted by atomic mass is 9.77. The number of fused-ring (bicyclic) bond motifs is 13. The molecule has 0 aliphatic heterocycles. The van der Waals surface area contributed by atoms with Crippen molar-refractivity contribution in [2.24, 2.45) is 0 Å². The van der Waals surface area contributed by atoms with Gasteiger partial charge in [0, 0.05) is 77.0 Å². The second kappa shape index (κ2) is 21.9. The van der Waals surface area contributed by atoms with Crippen molar-refractivity contribution in [2.75, 3.05) is 0 Å². The average Bonchev–Trinajstić information content (AvgIpc) is 1.12. The van der Waals surface area contributed by atoms with E-state index in [1.165, 1.54) is 70.9 Å². The van der Waals surface area contributed by atoms with Crippen LogP contribution in [-0.2, 0) is 0 Å². The molecule has 0 radical (unpaired) electrons. The molecule has 0 aliphatic rings. The quantitative estimate of drug-likeness (QED) is 0.145. The molecule has 7 nitrogen and oxygen atoms in total. The molecule has 5 heterocycles. The first kappa shape index (κ1) is 56.8. The fraction of sp³-hybridized carbons (Fsp3) is 0.0549. The molecule has 462 valence electrons. The van der Waals surface area contributed by atoms with Crippen molar-refractivity contribution < 1.29 is 4.42 Å². The number of rotatable bonds is 9. The Morgan fingerprint density at radius 2 is 0.551 bits per heavy atom. The maximum absolute atomic E-state index is 12.6. The minimum atomic E-state index is 0.357. The molecule has 0 saturated carbocycles. The highest BCUT2D eigenvalue weighted by Crippen LogP contribution is 2.54. The van der Waals surface area contributed by atoms with E-state index in [9.17, 15) is 5.26 Å². The van der Waals surface area contributed by atoms with E-state index in [-0.39, 0.29) is 0 Å². The first-order chi connectivity index (χ1) is 48.1. The van der Waals surface area contributed by atoms with E-state index >= 15 is 0 Å². The molecule has 0 amide bonds. The van der Waals surface area contributed by atoms with Gasteiger partial charge < -0.3 is 22.7 Å². The Labute approximate surface area is 565 Å². The summed E-state index contributed by atoms with van der Waals surface area (Å²) in [6.45, 7) is 10.8. The summed E-state index contributed by atoms with van der Waals surface area (Å²) in [5.41, 5.74) is 28.6. The fourth-order valence-electron chi connectivity index (χ4n) is 15.9. The van der Waals surface area contributed by atoms with Gasteiger partial charge in [-0.15, -0.1) is 0 Å². The molecule has 14 aromatic carbocycles. The van der Waals surface area contributed by atoms with E-state index in [0.717, 1.165) is 111 Å². The fourth-order valence-corrected chi connectivity index (χ4v) is 15.9. The Balaban J connectivity index is 0.922. The molecule has 7 heteroatoms. The van der Waals surface area contributed by atoms with E-state index in [1.54, 1.807) is 0 Å². The number of para-hydroxylation sites is 5.